The number of hydrogen-bond donors (Lipinski definition) is 2. The van der Waals surface area contributed by atoms with Crippen molar-refractivity contribution in [2.24, 2.45) is 7.05 Å². The van der Waals surface area contributed by atoms with Crippen molar-refractivity contribution in [3.63, 3.8) is 0 Å². The minimum atomic E-state index is -1.12. The number of aryl methyl sites for hydroxylation is 1. The van der Waals surface area contributed by atoms with E-state index < -0.39 is 5.97 Å². The molecule has 1 aliphatic rings. The van der Waals surface area contributed by atoms with Crippen LogP contribution >= 0.6 is 0 Å². The maximum Gasteiger partial charge on any atom is 0.357 e. The summed E-state index contributed by atoms with van der Waals surface area (Å²) >= 11 is 0. The topological polar surface area (TPSA) is 99.6 Å². The minimum Gasteiger partial charge on any atom is -0.486 e. The average molecular weight is 275 g/mol. The maximum absolute atomic E-state index is 11.3. The molecule has 7 nitrogen and oxygen atoms in total. The van der Waals surface area contributed by atoms with Gasteiger partial charge >= 0.3 is 5.97 Å². The third-order valence-electron chi connectivity index (χ3n) is 3.13. The summed E-state index contributed by atoms with van der Waals surface area (Å²) in [4.78, 5) is 11.3. The molecule has 0 spiro atoms. The van der Waals surface area contributed by atoms with Crippen molar-refractivity contribution < 1.29 is 19.4 Å². The van der Waals surface area contributed by atoms with E-state index in [-0.39, 0.29) is 5.69 Å². The number of carbonyl (C=O) groups is 1. The Labute approximate surface area is 114 Å². The molecule has 20 heavy (non-hydrogen) atoms. The van der Waals surface area contributed by atoms with Gasteiger partial charge < -0.3 is 20.3 Å². The van der Waals surface area contributed by atoms with Crippen LogP contribution in [0.25, 0.3) is 11.1 Å². The van der Waals surface area contributed by atoms with Gasteiger partial charge in [0.25, 0.3) is 0 Å². The molecule has 0 fully saturated rings. The summed E-state index contributed by atoms with van der Waals surface area (Å²) in [6.45, 7) is 0.965. The zero-order chi connectivity index (χ0) is 14.3. The molecule has 1 aliphatic heterocycles. The SMILES string of the molecule is Cn1nc(C(=O)O)c(-c2ccc3c(c2)OCCO3)c1N. The highest BCUT2D eigenvalue weighted by Crippen LogP contribution is 2.37. The molecule has 1 aromatic carbocycles. The number of aromatic nitrogens is 2. The van der Waals surface area contributed by atoms with E-state index in [1.807, 2.05) is 0 Å². The van der Waals surface area contributed by atoms with Crippen LogP contribution in [0.4, 0.5) is 5.82 Å². The Bertz CT molecular complexity index is 693. The number of ether oxygens (including phenoxy) is 2. The van der Waals surface area contributed by atoms with Crippen molar-refractivity contribution in [3.05, 3.63) is 23.9 Å². The highest BCUT2D eigenvalue weighted by atomic mass is 16.6. The molecule has 0 amide bonds. The number of anilines is 1. The summed E-state index contributed by atoms with van der Waals surface area (Å²) in [6.07, 6.45) is 0. The lowest BCUT2D eigenvalue weighted by Gasteiger charge is -2.18. The molecule has 0 bridgehead atoms. The fourth-order valence-electron chi connectivity index (χ4n) is 2.17. The first-order valence-corrected chi connectivity index (χ1v) is 6.03. The molecule has 0 aliphatic carbocycles. The van der Waals surface area contributed by atoms with E-state index >= 15 is 0 Å². The molecule has 2 heterocycles. The summed E-state index contributed by atoms with van der Waals surface area (Å²) in [5.74, 6) is 0.383. The first-order valence-electron chi connectivity index (χ1n) is 6.03. The molecule has 1 aromatic heterocycles. The number of benzene rings is 1. The van der Waals surface area contributed by atoms with Gasteiger partial charge in [-0.15, -0.1) is 0 Å². The van der Waals surface area contributed by atoms with Gasteiger partial charge in [0.1, 0.15) is 19.0 Å². The average Bonchev–Trinajstić information content (AvgIpc) is 2.75. The molecule has 0 saturated heterocycles. The van der Waals surface area contributed by atoms with Gasteiger partial charge in [0.15, 0.2) is 17.2 Å². The normalized spacial score (nSPS) is 13.2. The van der Waals surface area contributed by atoms with E-state index in [1.54, 1.807) is 25.2 Å². The van der Waals surface area contributed by atoms with Crippen LogP contribution in [0.5, 0.6) is 11.5 Å². The fraction of sp³-hybridized carbons (Fsp3) is 0.231. The smallest absolute Gasteiger partial charge is 0.357 e. The molecule has 2 aromatic rings. The first-order chi connectivity index (χ1) is 9.58. The van der Waals surface area contributed by atoms with Crippen molar-refractivity contribution in [2.75, 3.05) is 18.9 Å². The van der Waals surface area contributed by atoms with Crippen molar-refractivity contribution >= 4 is 11.8 Å². The molecule has 0 unspecified atom stereocenters. The van der Waals surface area contributed by atoms with Gasteiger partial charge in [-0.25, -0.2) is 4.79 Å². The van der Waals surface area contributed by atoms with Crippen LogP contribution in [-0.4, -0.2) is 34.1 Å². The van der Waals surface area contributed by atoms with Crippen molar-refractivity contribution in [3.8, 4) is 22.6 Å². The zero-order valence-electron chi connectivity index (χ0n) is 10.8. The van der Waals surface area contributed by atoms with Gasteiger partial charge in [-0.1, -0.05) is 6.07 Å². The number of rotatable bonds is 2. The van der Waals surface area contributed by atoms with E-state index in [4.69, 9.17) is 15.2 Å². The van der Waals surface area contributed by atoms with E-state index in [1.165, 1.54) is 4.68 Å². The minimum absolute atomic E-state index is 0.0818. The van der Waals surface area contributed by atoms with Crippen LogP contribution in [0.1, 0.15) is 10.5 Å². The molecule has 0 atom stereocenters. The highest BCUT2D eigenvalue weighted by molar-refractivity contribution is 5.97. The molecule has 7 heteroatoms. The maximum atomic E-state index is 11.3. The van der Waals surface area contributed by atoms with Gasteiger partial charge in [0, 0.05) is 7.05 Å². The second kappa shape index (κ2) is 4.44. The Hall–Kier alpha value is -2.70. The van der Waals surface area contributed by atoms with E-state index in [0.29, 0.717) is 41.7 Å². The Kier molecular flexibility index (Phi) is 2.74. The Morgan fingerprint density at radius 1 is 1.35 bits per heavy atom. The van der Waals surface area contributed by atoms with Crippen molar-refractivity contribution in [2.45, 2.75) is 0 Å². The van der Waals surface area contributed by atoms with E-state index in [0.717, 1.165) is 0 Å². The lowest BCUT2D eigenvalue weighted by molar-refractivity contribution is 0.0690. The lowest BCUT2D eigenvalue weighted by atomic mass is 10.0. The van der Waals surface area contributed by atoms with Crippen LogP contribution in [0.15, 0.2) is 18.2 Å². The summed E-state index contributed by atoms with van der Waals surface area (Å²) in [5, 5.41) is 13.1. The summed E-state index contributed by atoms with van der Waals surface area (Å²) in [7, 11) is 1.60. The first kappa shape index (κ1) is 12.3. The van der Waals surface area contributed by atoms with Crippen LogP contribution in [0, 0.1) is 0 Å². The Morgan fingerprint density at radius 3 is 2.75 bits per heavy atom. The Morgan fingerprint density at radius 2 is 2.05 bits per heavy atom. The van der Waals surface area contributed by atoms with E-state index in [9.17, 15) is 9.90 Å². The number of aromatic carboxylic acids is 1. The quantitative estimate of drug-likeness (QED) is 0.852. The third-order valence-corrected chi connectivity index (χ3v) is 3.13. The number of carboxylic acids is 1. The zero-order valence-corrected chi connectivity index (χ0v) is 10.8. The molecular formula is C13H13N3O4. The van der Waals surface area contributed by atoms with Gasteiger partial charge in [-0.2, -0.15) is 5.10 Å². The highest BCUT2D eigenvalue weighted by Gasteiger charge is 2.22. The van der Waals surface area contributed by atoms with Gasteiger partial charge in [-0.05, 0) is 17.7 Å². The van der Waals surface area contributed by atoms with Gasteiger partial charge in [-0.3, -0.25) is 4.68 Å². The van der Waals surface area contributed by atoms with Crippen molar-refractivity contribution in [1.82, 2.24) is 9.78 Å². The Balaban J connectivity index is 2.16. The van der Waals surface area contributed by atoms with E-state index in [2.05, 4.69) is 5.10 Å². The third kappa shape index (κ3) is 1.83. The number of carboxylic acid groups (broad SMARTS) is 1. The molecule has 3 N–H and O–H groups in total. The lowest BCUT2D eigenvalue weighted by Crippen LogP contribution is -2.15. The largest absolute Gasteiger partial charge is 0.486 e. The van der Waals surface area contributed by atoms with Crippen LogP contribution in [0.3, 0.4) is 0 Å². The molecule has 0 saturated carbocycles. The van der Waals surface area contributed by atoms with Crippen LogP contribution in [-0.2, 0) is 7.05 Å². The van der Waals surface area contributed by atoms with Crippen LogP contribution in [0.2, 0.25) is 0 Å². The summed E-state index contributed by atoms with van der Waals surface area (Å²) in [6, 6.07) is 5.20. The van der Waals surface area contributed by atoms with Gasteiger partial charge in [0.2, 0.25) is 0 Å². The summed E-state index contributed by atoms with van der Waals surface area (Å²) in [5.41, 5.74) is 6.86. The fourth-order valence-corrected chi connectivity index (χ4v) is 2.17. The van der Waals surface area contributed by atoms with Crippen LogP contribution < -0.4 is 15.2 Å². The number of nitrogens with two attached hydrogens (primary N) is 1. The second-order valence-corrected chi connectivity index (χ2v) is 4.40. The molecule has 3 rings (SSSR count). The molecule has 0 radical (unpaired) electrons. The predicted octanol–water partition coefficient (Wildman–Crippen LogP) is 1.14. The van der Waals surface area contributed by atoms with Crippen molar-refractivity contribution in [1.29, 1.82) is 0 Å². The predicted molar refractivity (Wildman–Crippen MR) is 71.0 cm³/mol. The monoisotopic (exact) mass is 275 g/mol. The van der Waals surface area contributed by atoms with Gasteiger partial charge in [0.05, 0.1) is 5.56 Å². The summed E-state index contributed by atoms with van der Waals surface area (Å²) < 4.78 is 12.3. The standard InChI is InChI=1S/C13H13N3O4/c1-16-12(14)10(11(15-16)13(17)18)7-2-3-8-9(6-7)20-5-4-19-8/h2-3,6H,4-5,14H2,1H3,(H,17,18). The second-order valence-electron chi connectivity index (χ2n) is 4.40. The number of nitrogen functional groups attached to an aromatic ring is 1. The molecule has 104 valence electrons. The molecular weight excluding hydrogens is 262 g/mol. The number of hydrogen-bond acceptors (Lipinski definition) is 5. The number of nitrogens with zero attached hydrogens (tertiary/aromatic N) is 2. The number of fused-ring (bicyclic) bond motifs is 1.